The molecule has 1 aliphatic heterocycles. The van der Waals surface area contributed by atoms with Crippen LogP contribution in [0.15, 0.2) is 47.3 Å². The van der Waals surface area contributed by atoms with Crippen LogP contribution in [-0.4, -0.2) is 28.4 Å². The maximum atomic E-state index is 12.6. The average molecular weight is 336 g/mol. The van der Waals surface area contributed by atoms with E-state index in [1.807, 2.05) is 0 Å². The van der Waals surface area contributed by atoms with E-state index in [9.17, 15) is 14.4 Å². The number of rotatable bonds is 2. The fraction of sp³-hybridized carbons (Fsp3) is 0.0588. The second kappa shape index (κ2) is 5.75. The van der Waals surface area contributed by atoms with E-state index >= 15 is 0 Å². The summed E-state index contributed by atoms with van der Waals surface area (Å²) in [6, 6.07) is 11.8. The Balaban J connectivity index is 1.68. The van der Waals surface area contributed by atoms with Gasteiger partial charge in [0.1, 0.15) is 11.4 Å². The zero-order chi connectivity index (χ0) is 17.4. The van der Waals surface area contributed by atoms with Crippen molar-refractivity contribution in [3.63, 3.8) is 0 Å². The number of H-pyrrole nitrogens is 1. The van der Waals surface area contributed by atoms with Crippen molar-refractivity contribution in [3.05, 3.63) is 58.6 Å². The number of anilines is 2. The van der Waals surface area contributed by atoms with E-state index in [1.165, 1.54) is 0 Å². The number of amides is 2. The minimum Gasteiger partial charge on any atom is -0.482 e. The van der Waals surface area contributed by atoms with Crippen molar-refractivity contribution in [1.82, 2.24) is 9.97 Å². The van der Waals surface area contributed by atoms with Gasteiger partial charge < -0.3 is 20.4 Å². The van der Waals surface area contributed by atoms with Crippen molar-refractivity contribution >= 4 is 34.1 Å². The lowest BCUT2D eigenvalue weighted by molar-refractivity contribution is -0.118. The number of carbonyl (C=O) groups excluding carboxylic acids is 2. The highest BCUT2D eigenvalue weighted by Crippen LogP contribution is 2.30. The number of hydrogen-bond acceptors (Lipinski definition) is 5. The Bertz CT molecular complexity index is 1070. The Morgan fingerprint density at radius 3 is 2.88 bits per heavy atom. The third-order valence-corrected chi connectivity index (χ3v) is 3.72. The molecular formula is C17H12N4O4. The van der Waals surface area contributed by atoms with Crippen LogP contribution in [0.1, 0.15) is 10.5 Å². The van der Waals surface area contributed by atoms with E-state index in [1.54, 1.807) is 42.5 Å². The van der Waals surface area contributed by atoms with Crippen LogP contribution in [0.4, 0.5) is 11.4 Å². The molecule has 0 bridgehead atoms. The third-order valence-electron chi connectivity index (χ3n) is 3.72. The predicted molar refractivity (Wildman–Crippen MR) is 90.9 cm³/mol. The van der Waals surface area contributed by atoms with Gasteiger partial charge in [-0.25, -0.2) is 4.79 Å². The van der Waals surface area contributed by atoms with Gasteiger partial charge in [-0.05, 0) is 24.3 Å². The van der Waals surface area contributed by atoms with Gasteiger partial charge in [-0.2, -0.15) is 4.98 Å². The van der Waals surface area contributed by atoms with E-state index in [4.69, 9.17) is 4.74 Å². The fourth-order valence-corrected chi connectivity index (χ4v) is 2.63. The molecule has 0 saturated heterocycles. The number of para-hydroxylation sites is 1. The second-order valence-corrected chi connectivity index (χ2v) is 5.44. The minimum absolute atomic E-state index is 0.0253. The zero-order valence-electron chi connectivity index (χ0n) is 12.8. The molecular weight excluding hydrogens is 324 g/mol. The van der Waals surface area contributed by atoms with E-state index in [2.05, 4.69) is 20.6 Å². The molecule has 0 fully saturated rings. The molecule has 2 amide bonds. The van der Waals surface area contributed by atoms with Gasteiger partial charge in [-0.1, -0.05) is 18.2 Å². The molecule has 0 atom stereocenters. The molecule has 2 heterocycles. The topological polar surface area (TPSA) is 113 Å². The Morgan fingerprint density at radius 2 is 2.00 bits per heavy atom. The number of aromatic nitrogens is 2. The molecule has 3 aromatic rings. The molecule has 0 radical (unpaired) electrons. The van der Waals surface area contributed by atoms with Crippen LogP contribution in [0.5, 0.6) is 5.75 Å². The van der Waals surface area contributed by atoms with Crippen LogP contribution in [0, 0.1) is 0 Å². The van der Waals surface area contributed by atoms with Gasteiger partial charge in [-0.15, -0.1) is 0 Å². The summed E-state index contributed by atoms with van der Waals surface area (Å²) in [7, 11) is 0. The maximum Gasteiger partial charge on any atom is 0.346 e. The Morgan fingerprint density at radius 1 is 1.16 bits per heavy atom. The normalized spacial score (nSPS) is 12.9. The number of fused-ring (bicyclic) bond motifs is 2. The Hall–Kier alpha value is -3.68. The van der Waals surface area contributed by atoms with Gasteiger partial charge in [0.2, 0.25) is 0 Å². The lowest BCUT2D eigenvalue weighted by Crippen LogP contribution is -2.25. The number of nitrogens with one attached hydrogen (secondary N) is 3. The van der Waals surface area contributed by atoms with E-state index in [-0.39, 0.29) is 18.2 Å². The summed E-state index contributed by atoms with van der Waals surface area (Å²) in [6.45, 7) is -0.0403. The third kappa shape index (κ3) is 2.80. The monoisotopic (exact) mass is 336 g/mol. The molecule has 0 unspecified atom stereocenters. The van der Waals surface area contributed by atoms with Crippen molar-refractivity contribution in [2.45, 2.75) is 0 Å². The summed E-state index contributed by atoms with van der Waals surface area (Å²) in [6.07, 6.45) is 0. The molecule has 3 N–H and O–H groups in total. The Kier molecular flexibility index (Phi) is 3.42. The SMILES string of the molecule is O=C1COc2ccc(NC(=O)c3nc(=O)[nH]c4ccccc34)cc2N1. The second-order valence-electron chi connectivity index (χ2n) is 5.44. The number of nitrogens with zero attached hydrogens (tertiary/aromatic N) is 1. The summed E-state index contributed by atoms with van der Waals surface area (Å²) in [4.78, 5) is 42.0. The number of hydrogen-bond donors (Lipinski definition) is 3. The first-order valence-corrected chi connectivity index (χ1v) is 7.47. The molecule has 8 heteroatoms. The van der Waals surface area contributed by atoms with Crippen molar-refractivity contribution in [2.75, 3.05) is 17.2 Å². The maximum absolute atomic E-state index is 12.6. The van der Waals surface area contributed by atoms with Gasteiger partial charge >= 0.3 is 5.69 Å². The first-order valence-electron chi connectivity index (χ1n) is 7.47. The first-order chi connectivity index (χ1) is 12.1. The summed E-state index contributed by atoms with van der Waals surface area (Å²) in [5.41, 5.74) is 0.865. The number of carbonyl (C=O) groups is 2. The molecule has 0 aliphatic carbocycles. The number of ether oxygens (including phenoxy) is 1. The molecule has 25 heavy (non-hydrogen) atoms. The van der Waals surface area contributed by atoms with E-state index < -0.39 is 11.6 Å². The van der Waals surface area contributed by atoms with Gasteiger partial charge in [-0.3, -0.25) is 9.59 Å². The smallest absolute Gasteiger partial charge is 0.346 e. The first kappa shape index (κ1) is 14.9. The van der Waals surface area contributed by atoms with E-state index in [0.29, 0.717) is 28.0 Å². The van der Waals surface area contributed by atoms with Crippen LogP contribution in [0.2, 0.25) is 0 Å². The van der Waals surface area contributed by atoms with Crippen LogP contribution in [0.25, 0.3) is 10.9 Å². The zero-order valence-corrected chi connectivity index (χ0v) is 12.8. The minimum atomic E-state index is -0.602. The number of aromatic amines is 1. The lowest BCUT2D eigenvalue weighted by atomic mass is 10.1. The van der Waals surface area contributed by atoms with Crippen LogP contribution in [0.3, 0.4) is 0 Å². The molecule has 124 valence electrons. The largest absolute Gasteiger partial charge is 0.482 e. The summed E-state index contributed by atoms with van der Waals surface area (Å²) < 4.78 is 5.27. The summed E-state index contributed by atoms with van der Waals surface area (Å²) in [5, 5.41) is 5.88. The fourth-order valence-electron chi connectivity index (χ4n) is 2.63. The van der Waals surface area contributed by atoms with E-state index in [0.717, 1.165) is 0 Å². The molecule has 0 saturated carbocycles. The summed E-state index contributed by atoms with van der Waals surface area (Å²) >= 11 is 0. The average Bonchev–Trinajstić information content (AvgIpc) is 2.60. The van der Waals surface area contributed by atoms with Crippen LogP contribution >= 0.6 is 0 Å². The number of benzene rings is 2. The van der Waals surface area contributed by atoms with Crippen molar-refractivity contribution < 1.29 is 14.3 Å². The van der Waals surface area contributed by atoms with Crippen LogP contribution in [-0.2, 0) is 4.79 Å². The highest BCUT2D eigenvalue weighted by Gasteiger charge is 2.18. The predicted octanol–water partition coefficient (Wildman–Crippen LogP) is 1.51. The van der Waals surface area contributed by atoms with Gasteiger partial charge in [0.05, 0.1) is 11.2 Å². The molecule has 8 nitrogen and oxygen atoms in total. The van der Waals surface area contributed by atoms with Crippen molar-refractivity contribution in [1.29, 1.82) is 0 Å². The highest BCUT2D eigenvalue weighted by molar-refractivity contribution is 6.11. The summed E-state index contributed by atoms with van der Waals surface area (Å²) in [5.74, 6) is -0.263. The molecule has 4 rings (SSSR count). The molecule has 1 aliphatic rings. The van der Waals surface area contributed by atoms with Crippen molar-refractivity contribution in [3.8, 4) is 5.75 Å². The van der Waals surface area contributed by atoms with Gasteiger partial charge in [0.15, 0.2) is 6.61 Å². The molecule has 0 spiro atoms. The van der Waals surface area contributed by atoms with Gasteiger partial charge in [0, 0.05) is 11.1 Å². The quantitative estimate of drug-likeness (QED) is 0.656. The Labute approximate surface area is 140 Å². The van der Waals surface area contributed by atoms with Gasteiger partial charge in [0.25, 0.3) is 11.8 Å². The molecule has 1 aromatic heterocycles. The highest BCUT2D eigenvalue weighted by atomic mass is 16.5. The van der Waals surface area contributed by atoms with Crippen LogP contribution < -0.4 is 21.1 Å². The standard InChI is InChI=1S/C17H12N4O4/c22-14-8-25-13-6-5-9(7-12(13)19-14)18-16(23)15-10-3-1-2-4-11(10)20-17(24)21-15/h1-7H,8H2,(H,18,23)(H,19,22)(H,20,21,24). The lowest BCUT2D eigenvalue weighted by Gasteiger charge is -2.18. The molecule has 2 aromatic carbocycles. The van der Waals surface area contributed by atoms with Crippen molar-refractivity contribution in [2.24, 2.45) is 0 Å².